The van der Waals surface area contributed by atoms with Crippen molar-refractivity contribution in [1.82, 2.24) is 5.43 Å². The number of phenolic OH excluding ortho intramolecular Hbond substituents is 1. The monoisotopic (exact) mass is 284 g/mol. The van der Waals surface area contributed by atoms with E-state index in [4.69, 9.17) is 0 Å². The largest absolute Gasteiger partial charge is 0.507 e. The first kappa shape index (κ1) is 15.0. The normalized spacial score (nSPS) is 11.9. The van der Waals surface area contributed by atoms with Gasteiger partial charge in [-0.15, -0.1) is 0 Å². The fourth-order valence-electron chi connectivity index (χ4n) is 2.21. The van der Waals surface area contributed by atoms with Crippen LogP contribution in [-0.2, 0) is 0 Å². The van der Waals surface area contributed by atoms with Crippen molar-refractivity contribution in [3.05, 3.63) is 42.0 Å². The van der Waals surface area contributed by atoms with Gasteiger partial charge in [-0.25, -0.2) is 5.43 Å². The molecule has 0 aliphatic heterocycles. The Morgan fingerprint density at radius 1 is 1.24 bits per heavy atom. The quantitative estimate of drug-likeness (QED) is 0.664. The van der Waals surface area contributed by atoms with Crippen LogP contribution in [0.4, 0.5) is 0 Å². The summed E-state index contributed by atoms with van der Waals surface area (Å²) in [6, 6.07) is 10.9. The van der Waals surface area contributed by atoms with Crippen LogP contribution < -0.4 is 5.43 Å². The molecule has 0 bridgehead atoms. The number of hydrogen-bond acceptors (Lipinski definition) is 3. The lowest BCUT2D eigenvalue weighted by atomic mass is 10.1. The Morgan fingerprint density at radius 2 is 1.86 bits per heavy atom. The summed E-state index contributed by atoms with van der Waals surface area (Å²) in [7, 11) is 0. The van der Waals surface area contributed by atoms with Gasteiger partial charge in [0.15, 0.2) is 0 Å². The summed E-state index contributed by atoms with van der Waals surface area (Å²) in [6.45, 7) is 6.06. The third-order valence-electron chi connectivity index (χ3n) is 3.44. The van der Waals surface area contributed by atoms with E-state index in [0.717, 1.165) is 22.9 Å². The highest BCUT2D eigenvalue weighted by atomic mass is 16.3. The molecule has 0 aliphatic rings. The number of hydrogen-bond donors (Lipinski definition) is 2. The number of aromatic hydroxyl groups is 1. The van der Waals surface area contributed by atoms with E-state index < -0.39 is 5.91 Å². The zero-order valence-corrected chi connectivity index (χ0v) is 12.6. The Hall–Kier alpha value is -2.36. The van der Waals surface area contributed by atoms with E-state index >= 15 is 0 Å². The van der Waals surface area contributed by atoms with E-state index in [1.807, 2.05) is 45.0 Å². The minimum absolute atomic E-state index is 0.0380. The fourth-order valence-corrected chi connectivity index (χ4v) is 2.21. The van der Waals surface area contributed by atoms with E-state index in [-0.39, 0.29) is 17.2 Å². The van der Waals surface area contributed by atoms with Crippen LogP contribution in [0, 0.1) is 5.92 Å². The molecule has 0 saturated carbocycles. The van der Waals surface area contributed by atoms with Gasteiger partial charge in [0, 0.05) is 5.71 Å². The second kappa shape index (κ2) is 6.39. The molecule has 21 heavy (non-hydrogen) atoms. The molecule has 0 heterocycles. The van der Waals surface area contributed by atoms with Crippen LogP contribution >= 0.6 is 0 Å². The summed E-state index contributed by atoms with van der Waals surface area (Å²) in [5, 5.41) is 15.9. The summed E-state index contributed by atoms with van der Waals surface area (Å²) in [5.41, 5.74) is 3.68. The standard InChI is InChI=1S/C17H20N2O2/c1-4-15(11(2)3)18-19-17(21)14-9-12-7-5-6-8-13(12)10-16(14)20/h5-11,20H,4H2,1-3H3,(H,19,21)/b18-15-. The molecule has 2 aromatic carbocycles. The molecule has 2 aromatic rings. The van der Waals surface area contributed by atoms with Crippen LogP contribution in [0.2, 0.25) is 0 Å². The molecule has 4 heteroatoms. The Kier molecular flexibility index (Phi) is 4.58. The van der Waals surface area contributed by atoms with Crippen LogP contribution in [0.1, 0.15) is 37.6 Å². The number of hydrazone groups is 1. The van der Waals surface area contributed by atoms with Gasteiger partial charge < -0.3 is 5.11 Å². The van der Waals surface area contributed by atoms with E-state index in [2.05, 4.69) is 10.5 Å². The minimum atomic E-state index is -0.398. The van der Waals surface area contributed by atoms with Crippen molar-refractivity contribution in [3.8, 4) is 5.75 Å². The van der Waals surface area contributed by atoms with Gasteiger partial charge in [-0.05, 0) is 35.2 Å². The average Bonchev–Trinajstić information content (AvgIpc) is 2.46. The topological polar surface area (TPSA) is 61.7 Å². The van der Waals surface area contributed by atoms with Crippen molar-refractivity contribution in [2.24, 2.45) is 11.0 Å². The number of rotatable bonds is 4. The molecule has 0 saturated heterocycles. The van der Waals surface area contributed by atoms with Crippen molar-refractivity contribution >= 4 is 22.4 Å². The summed E-state index contributed by atoms with van der Waals surface area (Å²) < 4.78 is 0. The molecule has 4 nitrogen and oxygen atoms in total. The van der Waals surface area contributed by atoms with Gasteiger partial charge in [0.05, 0.1) is 5.56 Å². The molecule has 2 N–H and O–H groups in total. The molecule has 110 valence electrons. The molecular formula is C17H20N2O2. The van der Waals surface area contributed by atoms with E-state index in [0.29, 0.717) is 0 Å². The average molecular weight is 284 g/mol. The van der Waals surface area contributed by atoms with Crippen LogP contribution in [0.15, 0.2) is 41.5 Å². The maximum atomic E-state index is 12.2. The zero-order valence-electron chi connectivity index (χ0n) is 12.6. The molecule has 0 radical (unpaired) electrons. The molecule has 0 aromatic heterocycles. The first-order valence-corrected chi connectivity index (χ1v) is 7.11. The van der Waals surface area contributed by atoms with Gasteiger partial charge in [-0.3, -0.25) is 4.79 Å². The SMILES string of the molecule is CC/C(=N/NC(=O)c1cc2ccccc2cc1O)C(C)C. The number of fused-ring (bicyclic) bond motifs is 1. The Balaban J connectivity index is 2.29. The predicted octanol–water partition coefficient (Wildman–Crippen LogP) is 3.70. The summed E-state index contributed by atoms with van der Waals surface area (Å²) in [4.78, 5) is 12.2. The number of amides is 1. The number of benzene rings is 2. The van der Waals surface area contributed by atoms with Crippen LogP contribution in [-0.4, -0.2) is 16.7 Å². The number of nitrogens with one attached hydrogen (secondary N) is 1. The minimum Gasteiger partial charge on any atom is -0.507 e. The summed E-state index contributed by atoms with van der Waals surface area (Å²) >= 11 is 0. The molecule has 0 atom stereocenters. The summed E-state index contributed by atoms with van der Waals surface area (Å²) in [6.07, 6.45) is 0.779. The zero-order chi connectivity index (χ0) is 15.4. The van der Waals surface area contributed by atoms with Crippen LogP contribution in [0.25, 0.3) is 10.8 Å². The highest BCUT2D eigenvalue weighted by Crippen LogP contribution is 2.24. The van der Waals surface area contributed by atoms with Crippen molar-refractivity contribution in [2.45, 2.75) is 27.2 Å². The summed E-state index contributed by atoms with van der Waals surface area (Å²) in [5.74, 6) is -0.158. The first-order valence-electron chi connectivity index (χ1n) is 7.11. The van der Waals surface area contributed by atoms with E-state index in [1.165, 1.54) is 0 Å². The Morgan fingerprint density at radius 3 is 2.43 bits per heavy atom. The van der Waals surface area contributed by atoms with Gasteiger partial charge in [-0.2, -0.15) is 5.10 Å². The molecule has 1 amide bonds. The van der Waals surface area contributed by atoms with Gasteiger partial charge >= 0.3 is 0 Å². The maximum Gasteiger partial charge on any atom is 0.275 e. The molecule has 0 spiro atoms. The van der Waals surface area contributed by atoms with Crippen molar-refractivity contribution < 1.29 is 9.90 Å². The lowest BCUT2D eigenvalue weighted by Gasteiger charge is -2.09. The number of carbonyl (C=O) groups excluding carboxylic acids is 1. The fraction of sp³-hybridized carbons (Fsp3) is 0.294. The van der Waals surface area contributed by atoms with Crippen molar-refractivity contribution in [2.75, 3.05) is 0 Å². The predicted molar refractivity (Wildman–Crippen MR) is 85.6 cm³/mol. The maximum absolute atomic E-state index is 12.2. The van der Waals surface area contributed by atoms with Crippen LogP contribution in [0.3, 0.4) is 0 Å². The highest BCUT2D eigenvalue weighted by Gasteiger charge is 2.12. The van der Waals surface area contributed by atoms with E-state index in [1.54, 1.807) is 12.1 Å². The Labute approximate surface area is 124 Å². The number of carbonyl (C=O) groups is 1. The number of phenols is 1. The highest BCUT2D eigenvalue weighted by molar-refractivity contribution is 6.02. The third kappa shape index (κ3) is 3.40. The van der Waals surface area contributed by atoms with Gasteiger partial charge in [0.25, 0.3) is 5.91 Å². The third-order valence-corrected chi connectivity index (χ3v) is 3.44. The second-order valence-corrected chi connectivity index (χ2v) is 5.27. The number of nitrogens with zero attached hydrogens (tertiary/aromatic N) is 1. The van der Waals surface area contributed by atoms with Gasteiger partial charge in [0.2, 0.25) is 0 Å². The lowest BCUT2D eigenvalue weighted by Crippen LogP contribution is -2.21. The second-order valence-electron chi connectivity index (χ2n) is 5.27. The van der Waals surface area contributed by atoms with E-state index in [9.17, 15) is 9.90 Å². The van der Waals surface area contributed by atoms with Crippen LogP contribution in [0.5, 0.6) is 5.75 Å². The Bertz CT molecular complexity index is 690. The first-order chi connectivity index (χ1) is 10.0. The lowest BCUT2D eigenvalue weighted by molar-refractivity contribution is 0.0952. The molecule has 0 fully saturated rings. The molecule has 2 rings (SSSR count). The smallest absolute Gasteiger partial charge is 0.275 e. The van der Waals surface area contributed by atoms with Gasteiger partial charge in [0.1, 0.15) is 5.75 Å². The molecular weight excluding hydrogens is 264 g/mol. The van der Waals surface area contributed by atoms with Crippen molar-refractivity contribution in [1.29, 1.82) is 0 Å². The van der Waals surface area contributed by atoms with Crippen molar-refractivity contribution in [3.63, 3.8) is 0 Å². The molecule has 0 unspecified atom stereocenters. The van der Waals surface area contributed by atoms with Gasteiger partial charge in [-0.1, -0.05) is 45.0 Å². The molecule has 0 aliphatic carbocycles.